The van der Waals surface area contributed by atoms with Crippen LogP contribution in [-0.4, -0.2) is 45.3 Å². The molecule has 0 saturated heterocycles. The molecule has 0 saturated carbocycles. The van der Waals surface area contributed by atoms with Gasteiger partial charge >= 0.3 is 15.6 Å². The second-order valence-electron chi connectivity index (χ2n) is 4.73. The highest BCUT2D eigenvalue weighted by molar-refractivity contribution is 7.60. The van der Waals surface area contributed by atoms with Crippen LogP contribution in [0, 0.1) is 0 Å². The monoisotopic (exact) mass is 433 g/mol. The van der Waals surface area contributed by atoms with Gasteiger partial charge in [0.05, 0.1) is 5.56 Å². The lowest BCUT2D eigenvalue weighted by molar-refractivity contribution is 0.0999. The van der Waals surface area contributed by atoms with E-state index in [4.69, 9.17) is 26.1 Å². The molecule has 0 radical (unpaired) electrons. The number of hydrogen-bond acceptors (Lipinski definition) is 10. The molecule has 3 heterocycles. The van der Waals surface area contributed by atoms with Gasteiger partial charge in [-0.3, -0.25) is 14.7 Å². The summed E-state index contributed by atoms with van der Waals surface area (Å²) in [4.78, 5) is 51.1. The Labute approximate surface area is 155 Å². The largest absolute Gasteiger partial charge is 0.555 e. The Hall–Kier alpha value is -2.93. The Bertz CT molecular complexity index is 1070. The Morgan fingerprint density at radius 3 is 2.43 bits per heavy atom. The minimum Gasteiger partial charge on any atom is -0.382 e. The number of hydrogen-bond donors (Lipinski definition) is 5. The average molecular weight is 433 g/mol. The van der Waals surface area contributed by atoms with E-state index < -0.39 is 21.6 Å². The summed E-state index contributed by atoms with van der Waals surface area (Å²) in [7, 11) is -10.3. The third kappa shape index (κ3) is 6.06. The zero-order valence-corrected chi connectivity index (χ0v) is 15.4. The fraction of sp³-hybridized carbons (Fsp3) is 0. The van der Waals surface area contributed by atoms with E-state index >= 15 is 0 Å². The van der Waals surface area contributed by atoms with Crippen molar-refractivity contribution in [2.24, 2.45) is 5.73 Å². The number of rotatable bonds is 5. The smallest absolute Gasteiger partial charge is 0.382 e. The van der Waals surface area contributed by atoms with Crippen LogP contribution in [0.5, 0.6) is 0 Å². The number of carbonyl (C=O) groups is 1. The summed E-state index contributed by atoms with van der Waals surface area (Å²) in [5.74, 6) is -0.445. The number of nitrogen functional groups attached to an aromatic ring is 1. The van der Waals surface area contributed by atoms with E-state index in [9.17, 15) is 13.9 Å². The molecule has 15 nitrogen and oxygen atoms in total. The Morgan fingerprint density at radius 1 is 1.18 bits per heavy atom. The van der Waals surface area contributed by atoms with Crippen molar-refractivity contribution in [2.45, 2.75) is 0 Å². The van der Waals surface area contributed by atoms with Crippen molar-refractivity contribution >= 4 is 38.5 Å². The van der Waals surface area contributed by atoms with E-state index in [1.807, 2.05) is 0 Å². The molecule has 1 amide bonds. The molecule has 0 aliphatic carbocycles. The molecule has 150 valence electrons. The highest BCUT2D eigenvalue weighted by Crippen LogP contribution is 2.55. The highest BCUT2D eigenvalue weighted by Gasteiger charge is 2.35. The molecule has 0 aromatic carbocycles. The summed E-state index contributed by atoms with van der Waals surface area (Å²) in [5.41, 5.74) is 10.9. The van der Waals surface area contributed by atoms with Gasteiger partial charge in [0.25, 0.3) is 0 Å². The first kappa shape index (κ1) is 21.4. The first-order valence-corrected chi connectivity index (χ1v) is 9.94. The number of imidazole rings is 1. The van der Waals surface area contributed by atoms with E-state index in [-0.39, 0.29) is 17.0 Å². The second kappa shape index (κ2) is 8.39. The molecule has 3 aromatic rings. The van der Waals surface area contributed by atoms with E-state index in [1.54, 1.807) is 18.3 Å². The summed E-state index contributed by atoms with van der Waals surface area (Å²) in [6, 6.07) is 3.29. The number of phosphoric acid groups is 2. The van der Waals surface area contributed by atoms with E-state index in [0.29, 0.717) is 10.3 Å². The number of amides is 1. The number of nitrogens with two attached hydrogens (primary N) is 2. The van der Waals surface area contributed by atoms with Gasteiger partial charge in [-0.2, -0.15) is 4.31 Å². The number of anilines is 1. The molecular formula is C11H13N7O8P2. The number of carbonyl (C=O) groups excluding carboxylic acids is 1. The lowest BCUT2D eigenvalue weighted by atomic mass is 10.3. The summed E-state index contributed by atoms with van der Waals surface area (Å²) in [6.07, 6.45) is 4.99. The number of aromatic nitrogens is 5. The fourth-order valence-corrected chi connectivity index (χ4v) is 3.20. The lowest BCUT2D eigenvalue weighted by Gasteiger charge is -2.12. The van der Waals surface area contributed by atoms with Gasteiger partial charge in [-0.05, 0) is 12.1 Å². The maximum atomic E-state index is 11.3. The van der Waals surface area contributed by atoms with Gasteiger partial charge in [0.15, 0.2) is 11.3 Å². The first-order chi connectivity index (χ1) is 13.0. The molecule has 1 atom stereocenters. The molecule has 17 heteroatoms. The van der Waals surface area contributed by atoms with Crippen LogP contribution in [0.25, 0.3) is 11.2 Å². The second-order valence-corrected chi connectivity index (χ2v) is 7.46. The van der Waals surface area contributed by atoms with Gasteiger partial charge in [-0.1, -0.05) is 0 Å². The fourth-order valence-electron chi connectivity index (χ4n) is 1.66. The first-order valence-electron chi connectivity index (χ1n) is 6.91. The van der Waals surface area contributed by atoms with Crippen LogP contribution in [0.2, 0.25) is 0 Å². The molecule has 0 aliphatic rings. The highest BCUT2D eigenvalue weighted by atomic mass is 31.3. The molecule has 0 fully saturated rings. The molecule has 7 N–H and O–H groups in total. The lowest BCUT2D eigenvalue weighted by Crippen LogP contribution is -2.10. The van der Waals surface area contributed by atoms with Crippen LogP contribution in [0.1, 0.15) is 10.4 Å². The number of primary amides is 1. The normalized spacial score (nSPS) is 13.2. The molecule has 0 spiro atoms. The summed E-state index contributed by atoms with van der Waals surface area (Å²) < 4.78 is 30.4. The van der Waals surface area contributed by atoms with Crippen LogP contribution >= 0.6 is 15.6 Å². The molecule has 3 aromatic heterocycles. The summed E-state index contributed by atoms with van der Waals surface area (Å²) in [6.45, 7) is 0. The van der Waals surface area contributed by atoms with Gasteiger partial charge in [0.1, 0.15) is 12.7 Å². The average Bonchev–Trinajstić information content (AvgIpc) is 2.98. The van der Waals surface area contributed by atoms with Crippen LogP contribution in [0.4, 0.5) is 5.82 Å². The Kier molecular flexibility index (Phi) is 6.41. The van der Waals surface area contributed by atoms with Gasteiger partial charge in [-0.15, -0.1) is 4.73 Å². The SMILES string of the molecule is NC(=O)c1cccnc1.Nc1ncnc2c1ncn2OP(=O)(O)OP(=O)(O)O. The van der Waals surface area contributed by atoms with E-state index in [2.05, 4.69) is 28.9 Å². The zero-order chi connectivity index (χ0) is 20.9. The van der Waals surface area contributed by atoms with Crippen LogP contribution in [-0.2, 0) is 13.4 Å². The predicted molar refractivity (Wildman–Crippen MR) is 92.0 cm³/mol. The third-order valence-corrected chi connectivity index (χ3v) is 4.74. The molecule has 3 rings (SSSR count). The van der Waals surface area contributed by atoms with Crippen molar-refractivity contribution in [3.8, 4) is 0 Å². The Balaban J connectivity index is 0.000000261. The number of fused-ring (bicyclic) bond motifs is 1. The maximum Gasteiger partial charge on any atom is 0.555 e. The van der Waals surface area contributed by atoms with E-state index in [1.165, 1.54) is 6.20 Å². The van der Waals surface area contributed by atoms with Crippen molar-refractivity contribution in [3.63, 3.8) is 0 Å². The van der Waals surface area contributed by atoms with Gasteiger partial charge < -0.3 is 25.9 Å². The van der Waals surface area contributed by atoms with Crippen molar-refractivity contribution in [3.05, 3.63) is 42.7 Å². The summed E-state index contributed by atoms with van der Waals surface area (Å²) >= 11 is 0. The number of nitrogens with zero attached hydrogens (tertiary/aromatic N) is 5. The quantitative estimate of drug-likeness (QED) is 0.311. The molecule has 28 heavy (non-hydrogen) atoms. The molecule has 1 unspecified atom stereocenters. The minimum absolute atomic E-state index is 0.00368. The van der Waals surface area contributed by atoms with Crippen LogP contribution in [0.15, 0.2) is 37.2 Å². The number of pyridine rings is 1. The minimum atomic E-state index is -5.20. The van der Waals surface area contributed by atoms with Crippen molar-refractivity contribution in [1.29, 1.82) is 0 Å². The molecular weight excluding hydrogens is 420 g/mol. The van der Waals surface area contributed by atoms with Crippen LogP contribution in [0.3, 0.4) is 0 Å². The zero-order valence-electron chi connectivity index (χ0n) is 13.6. The molecule has 0 bridgehead atoms. The van der Waals surface area contributed by atoms with E-state index in [0.717, 1.165) is 12.7 Å². The third-order valence-electron chi connectivity index (χ3n) is 2.68. The summed E-state index contributed by atoms with van der Waals surface area (Å²) in [5, 5.41) is 0. The van der Waals surface area contributed by atoms with Gasteiger partial charge in [-0.25, -0.2) is 24.1 Å². The van der Waals surface area contributed by atoms with Gasteiger partial charge in [0, 0.05) is 12.4 Å². The van der Waals surface area contributed by atoms with Gasteiger partial charge in [0.2, 0.25) is 11.6 Å². The predicted octanol–water partition coefficient (Wildman–Crippen LogP) is -0.773. The Morgan fingerprint density at radius 2 is 1.89 bits per heavy atom. The van der Waals surface area contributed by atoms with Crippen molar-refractivity contribution < 1.29 is 37.5 Å². The molecule has 0 aliphatic heterocycles. The standard InChI is InChI=1S/C6H6N2O.C5H7N5O7P2/c7-6(9)5-2-1-3-8-4-5;6-4-3-5(8-1-7-4)10(2-9-3)16-19(14,15)17-18(11,12)13/h1-4H,(H2,7,9);1-2H,(H,14,15)(H2,6,7,8)(H2,11,12,13). The van der Waals surface area contributed by atoms with Crippen molar-refractivity contribution in [1.82, 2.24) is 24.7 Å². The van der Waals surface area contributed by atoms with Crippen molar-refractivity contribution in [2.75, 3.05) is 5.73 Å². The van der Waals surface area contributed by atoms with Crippen LogP contribution < -0.4 is 16.1 Å². The topological polar surface area (TPSA) is 239 Å². The maximum absolute atomic E-state index is 11.3.